The number of rotatable bonds is 5. The average molecular weight is 336 g/mol. The molecule has 1 aromatic rings. The van der Waals surface area contributed by atoms with Gasteiger partial charge < -0.3 is 19.5 Å². The molecule has 0 atom stereocenters. The van der Waals surface area contributed by atoms with E-state index in [1.807, 2.05) is 0 Å². The van der Waals surface area contributed by atoms with Gasteiger partial charge in [-0.3, -0.25) is 4.79 Å². The van der Waals surface area contributed by atoms with Crippen molar-refractivity contribution >= 4 is 29.6 Å². The fourth-order valence-corrected chi connectivity index (χ4v) is 2.05. The maximum absolute atomic E-state index is 11.6. The molecule has 0 spiro atoms. The molecule has 6 nitrogen and oxygen atoms in total. The van der Waals surface area contributed by atoms with Gasteiger partial charge in [0.25, 0.3) is 5.91 Å². The molecule has 0 aliphatic carbocycles. The van der Waals surface area contributed by atoms with Gasteiger partial charge in [-0.25, -0.2) is 4.79 Å². The van der Waals surface area contributed by atoms with Crippen LogP contribution in [0.3, 0.4) is 0 Å². The van der Waals surface area contributed by atoms with Crippen molar-refractivity contribution in [1.82, 2.24) is 5.32 Å². The SMILES string of the molecule is C#CCNC(=O)COC(=O)/C=C/c1cc(Cl)c2c(c1)OCCO2. The Hall–Kier alpha value is -2.65. The highest BCUT2D eigenvalue weighted by Gasteiger charge is 2.16. The van der Waals surface area contributed by atoms with Gasteiger partial charge in [0, 0.05) is 6.08 Å². The van der Waals surface area contributed by atoms with Crippen molar-refractivity contribution in [3.63, 3.8) is 0 Å². The molecule has 1 heterocycles. The Balaban J connectivity index is 1.92. The first-order chi connectivity index (χ1) is 11.1. The standard InChI is InChI=1S/C16H14ClNO5/c1-2-5-18-14(19)10-23-15(20)4-3-11-8-12(17)16-13(9-11)21-6-7-22-16/h1,3-4,8-9H,5-7,10H2,(H,18,19)/b4-3+. The van der Waals surface area contributed by atoms with E-state index in [4.69, 9.17) is 32.2 Å². The Morgan fingerprint density at radius 3 is 2.96 bits per heavy atom. The quantitative estimate of drug-likeness (QED) is 0.500. The number of terminal acetylenes is 1. The van der Waals surface area contributed by atoms with Gasteiger partial charge >= 0.3 is 5.97 Å². The molecule has 0 saturated heterocycles. The molecule has 7 heteroatoms. The first kappa shape index (κ1) is 16.7. The predicted molar refractivity (Wildman–Crippen MR) is 84.3 cm³/mol. The van der Waals surface area contributed by atoms with Crippen molar-refractivity contribution < 1.29 is 23.8 Å². The zero-order valence-electron chi connectivity index (χ0n) is 12.1. The number of fused-ring (bicyclic) bond motifs is 1. The second-order valence-corrected chi connectivity index (χ2v) is 4.86. The number of amides is 1. The summed E-state index contributed by atoms with van der Waals surface area (Å²) in [6.45, 7) is 0.565. The maximum atomic E-state index is 11.6. The van der Waals surface area contributed by atoms with E-state index in [9.17, 15) is 9.59 Å². The Morgan fingerprint density at radius 2 is 2.17 bits per heavy atom. The van der Waals surface area contributed by atoms with E-state index in [0.29, 0.717) is 35.3 Å². The van der Waals surface area contributed by atoms with Crippen LogP contribution in [0.4, 0.5) is 0 Å². The number of ether oxygens (including phenoxy) is 3. The number of carbonyl (C=O) groups is 2. The van der Waals surface area contributed by atoms with Crippen LogP contribution in [-0.4, -0.2) is 38.2 Å². The molecule has 1 aliphatic rings. The number of halogens is 1. The lowest BCUT2D eigenvalue weighted by atomic mass is 10.2. The van der Waals surface area contributed by atoms with Gasteiger partial charge in [-0.05, 0) is 23.8 Å². The van der Waals surface area contributed by atoms with Crippen molar-refractivity contribution in [2.45, 2.75) is 0 Å². The minimum absolute atomic E-state index is 0.0852. The summed E-state index contributed by atoms with van der Waals surface area (Å²) in [4.78, 5) is 22.8. The summed E-state index contributed by atoms with van der Waals surface area (Å²) >= 11 is 6.09. The van der Waals surface area contributed by atoms with Crippen LogP contribution >= 0.6 is 11.6 Å². The van der Waals surface area contributed by atoms with Crippen LogP contribution in [0.5, 0.6) is 11.5 Å². The highest BCUT2D eigenvalue weighted by molar-refractivity contribution is 6.32. The summed E-state index contributed by atoms with van der Waals surface area (Å²) in [5, 5.41) is 2.77. The molecule has 0 unspecified atom stereocenters. The number of nitrogens with one attached hydrogen (secondary N) is 1. The first-order valence-corrected chi connectivity index (χ1v) is 7.12. The highest BCUT2D eigenvalue weighted by Crippen LogP contribution is 2.38. The van der Waals surface area contributed by atoms with Crippen molar-refractivity contribution in [2.24, 2.45) is 0 Å². The van der Waals surface area contributed by atoms with Gasteiger partial charge in [0.15, 0.2) is 18.1 Å². The van der Waals surface area contributed by atoms with Crippen LogP contribution in [0.15, 0.2) is 18.2 Å². The summed E-state index contributed by atoms with van der Waals surface area (Å²) < 4.78 is 15.6. The van der Waals surface area contributed by atoms with Crippen molar-refractivity contribution in [3.8, 4) is 23.8 Å². The Morgan fingerprint density at radius 1 is 1.39 bits per heavy atom. The van der Waals surface area contributed by atoms with E-state index < -0.39 is 18.5 Å². The third kappa shape index (κ3) is 4.94. The summed E-state index contributed by atoms with van der Waals surface area (Å²) in [6, 6.07) is 3.34. The van der Waals surface area contributed by atoms with E-state index in [-0.39, 0.29) is 6.54 Å². The zero-order chi connectivity index (χ0) is 16.7. The normalized spacial score (nSPS) is 12.5. The van der Waals surface area contributed by atoms with E-state index >= 15 is 0 Å². The third-order valence-corrected chi connectivity index (χ3v) is 3.04. The van der Waals surface area contributed by atoms with Gasteiger partial charge in [-0.15, -0.1) is 6.42 Å². The largest absolute Gasteiger partial charge is 0.486 e. The van der Waals surface area contributed by atoms with Crippen LogP contribution in [0.1, 0.15) is 5.56 Å². The summed E-state index contributed by atoms with van der Waals surface area (Å²) in [5.41, 5.74) is 0.646. The minimum atomic E-state index is -0.660. The number of benzene rings is 1. The van der Waals surface area contributed by atoms with E-state index in [1.54, 1.807) is 12.1 Å². The fraction of sp³-hybridized carbons (Fsp3) is 0.250. The molecular formula is C16H14ClNO5. The Bertz CT molecular complexity index is 678. The first-order valence-electron chi connectivity index (χ1n) is 6.74. The van der Waals surface area contributed by atoms with Crippen molar-refractivity contribution in [1.29, 1.82) is 0 Å². The monoisotopic (exact) mass is 335 g/mol. The lowest BCUT2D eigenvalue weighted by Crippen LogP contribution is -2.28. The van der Waals surface area contributed by atoms with Gasteiger partial charge in [0.05, 0.1) is 11.6 Å². The molecule has 1 amide bonds. The number of carbonyl (C=O) groups excluding carboxylic acids is 2. The lowest BCUT2D eigenvalue weighted by molar-refractivity contribution is -0.143. The molecule has 0 saturated carbocycles. The van der Waals surface area contributed by atoms with Gasteiger partial charge in [0.1, 0.15) is 13.2 Å². The van der Waals surface area contributed by atoms with Crippen LogP contribution in [0.2, 0.25) is 5.02 Å². The zero-order valence-corrected chi connectivity index (χ0v) is 12.9. The van der Waals surface area contributed by atoms with Gasteiger partial charge in [-0.2, -0.15) is 0 Å². The maximum Gasteiger partial charge on any atom is 0.331 e. The number of esters is 1. The molecule has 1 aliphatic heterocycles. The molecule has 120 valence electrons. The smallest absolute Gasteiger partial charge is 0.331 e. The Kier molecular flexibility index (Phi) is 5.89. The van der Waals surface area contributed by atoms with Crippen LogP contribution in [0.25, 0.3) is 6.08 Å². The molecule has 1 aromatic carbocycles. The number of hydrogen-bond donors (Lipinski definition) is 1. The van der Waals surface area contributed by atoms with Crippen molar-refractivity contribution in [2.75, 3.05) is 26.4 Å². The van der Waals surface area contributed by atoms with E-state index in [2.05, 4.69) is 11.2 Å². The van der Waals surface area contributed by atoms with Gasteiger partial charge in [-0.1, -0.05) is 17.5 Å². The second-order valence-electron chi connectivity index (χ2n) is 4.45. The van der Waals surface area contributed by atoms with Crippen LogP contribution < -0.4 is 14.8 Å². The third-order valence-electron chi connectivity index (χ3n) is 2.76. The molecule has 2 rings (SSSR count). The lowest BCUT2D eigenvalue weighted by Gasteiger charge is -2.19. The summed E-state index contributed by atoms with van der Waals surface area (Å²) in [5.74, 6) is 2.12. The van der Waals surface area contributed by atoms with E-state index in [0.717, 1.165) is 0 Å². The molecule has 0 aromatic heterocycles. The second kappa shape index (κ2) is 8.11. The predicted octanol–water partition coefficient (Wildman–Crippen LogP) is 1.42. The molecule has 23 heavy (non-hydrogen) atoms. The molecule has 0 fully saturated rings. The summed E-state index contributed by atoms with van der Waals surface area (Å²) in [7, 11) is 0. The van der Waals surface area contributed by atoms with E-state index in [1.165, 1.54) is 12.2 Å². The highest BCUT2D eigenvalue weighted by atomic mass is 35.5. The number of hydrogen-bond acceptors (Lipinski definition) is 5. The molecule has 1 N–H and O–H groups in total. The minimum Gasteiger partial charge on any atom is -0.486 e. The van der Waals surface area contributed by atoms with Gasteiger partial charge in [0.2, 0.25) is 0 Å². The van der Waals surface area contributed by atoms with Crippen LogP contribution in [-0.2, 0) is 14.3 Å². The average Bonchev–Trinajstić information content (AvgIpc) is 2.56. The molecular weight excluding hydrogens is 322 g/mol. The summed E-state index contributed by atoms with van der Waals surface area (Å²) in [6.07, 6.45) is 7.69. The molecule has 0 bridgehead atoms. The Labute approximate surface area is 138 Å². The molecule has 0 radical (unpaired) electrons. The fourth-order valence-electron chi connectivity index (χ4n) is 1.78. The van der Waals surface area contributed by atoms with Crippen LogP contribution in [0, 0.1) is 12.3 Å². The topological polar surface area (TPSA) is 73.9 Å². The van der Waals surface area contributed by atoms with Crippen molar-refractivity contribution in [3.05, 3.63) is 28.8 Å².